The molecule has 0 fully saturated rings. The topological polar surface area (TPSA) is 69.6 Å². The Labute approximate surface area is 142 Å². The molecule has 0 aliphatic heterocycles. The van der Waals surface area contributed by atoms with Crippen molar-refractivity contribution in [2.75, 3.05) is 0 Å². The van der Waals surface area contributed by atoms with Crippen LogP contribution in [0.4, 0.5) is 4.39 Å². The second-order valence-corrected chi connectivity index (χ2v) is 5.69. The summed E-state index contributed by atoms with van der Waals surface area (Å²) in [6.45, 7) is 3.86. The number of aryl methyl sites for hydroxylation is 1. The molecule has 0 N–H and O–H groups in total. The molecular weight excluding hydrogens is 321 g/mol. The summed E-state index contributed by atoms with van der Waals surface area (Å²) in [5.41, 5.74) is 3.92. The number of benzene rings is 2. The second kappa shape index (κ2) is 5.94. The van der Waals surface area contributed by atoms with Crippen LogP contribution in [-0.2, 0) is 0 Å². The Hall–Kier alpha value is -3.35. The van der Waals surface area contributed by atoms with Gasteiger partial charge in [-0.2, -0.15) is 0 Å². The van der Waals surface area contributed by atoms with Gasteiger partial charge in [0.05, 0.1) is 11.4 Å². The lowest BCUT2D eigenvalue weighted by molar-refractivity contribution is 0.581. The van der Waals surface area contributed by atoms with E-state index in [0.717, 1.165) is 16.8 Å². The maximum Gasteiger partial charge on any atom is 0.270 e. The number of halogens is 1. The lowest BCUT2D eigenvalue weighted by Gasteiger charge is -2.02. The number of hydrogen-bond donors (Lipinski definition) is 0. The minimum absolute atomic E-state index is 0.293. The van der Waals surface area contributed by atoms with Crippen LogP contribution in [0.25, 0.3) is 28.7 Å². The van der Waals surface area contributed by atoms with Crippen molar-refractivity contribution >= 4 is 0 Å². The van der Waals surface area contributed by atoms with E-state index < -0.39 is 0 Å². The summed E-state index contributed by atoms with van der Waals surface area (Å²) in [5.74, 6) is 0.411. The molecule has 2 heterocycles. The van der Waals surface area contributed by atoms with Gasteiger partial charge in [0, 0.05) is 5.56 Å². The predicted octanol–water partition coefficient (Wildman–Crippen LogP) is 3.74. The first-order chi connectivity index (χ1) is 12.1. The quantitative estimate of drug-likeness (QED) is 0.570. The molecule has 2 aromatic carbocycles. The average molecular weight is 335 g/mol. The first kappa shape index (κ1) is 15.2. The lowest BCUT2D eigenvalue weighted by Crippen LogP contribution is -1.99. The highest BCUT2D eigenvalue weighted by atomic mass is 19.1. The molecule has 0 aliphatic rings. The molecule has 25 heavy (non-hydrogen) atoms. The Bertz CT molecular complexity index is 1020. The van der Waals surface area contributed by atoms with Gasteiger partial charge in [0.1, 0.15) is 5.82 Å². The van der Waals surface area contributed by atoms with Gasteiger partial charge in [-0.1, -0.05) is 22.9 Å². The van der Waals surface area contributed by atoms with Crippen molar-refractivity contribution < 1.29 is 8.81 Å². The fourth-order valence-electron chi connectivity index (χ4n) is 2.49. The van der Waals surface area contributed by atoms with E-state index in [0.29, 0.717) is 23.2 Å². The van der Waals surface area contributed by atoms with Crippen LogP contribution in [-0.4, -0.2) is 25.2 Å². The Morgan fingerprint density at radius 2 is 1.52 bits per heavy atom. The average Bonchev–Trinajstić information content (AvgIpc) is 3.23. The molecular formula is C18H14FN5O. The minimum atomic E-state index is -0.304. The van der Waals surface area contributed by atoms with Crippen molar-refractivity contribution in [3.8, 4) is 28.7 Å². The highest BCUT2D eigenvalue weighted by molar-refractivity contribution is 5.57. The van der Waals surface area contributed by atoms with Gasteiger partial charge in [-0.05, 0) is 50.2 Å². The van der Waals surface area contributed by atoms with Gasteiger partial charge >= 0.3 is 0 Å². The molecule has 0 spiro atoms. The first-order valence-electron chi connectivity index (χ1n) is 7.71. The zero-order valence-corrected chi connectivity index (χ0v) is 13.6. The van der Waals surface area contributed by atoms with E-state index in [-0.39, 0.29) is 5.82 Å². The first-order valence-corrected chi connectivity index (χ1v) is 7.71. The zero-order chi connectivity index (χ0) is 17.4. The van der Waals surface area contributed by atoms with Crippen molar-refractivity contribution in [3.63, 3.8) is 0 Å². The zero-order valence-electron chi connectivity index (χ0n) is 13.6. The van der Waals surface area contributed by atoms with E-state index in [2.05, 4.69) is 20.5 Å². The van der Waals surface area contributed by atoms with Crippen molar-refractivity contribution in [1.82, 2.24) is 25.2 Å². The van der Waals surface area contributed by atoms with E-state index >= 15 is 0 Å². The predicted molar refractivity (Wildman–Crippen MR) is 89.5 cm³/mol. The molecule has 7 heteroatoms. The SMILES string of the molecule is Cc1ccc(-c2nnc(-c3nnn(-c4ccc(F)cc4)c3C)o2)cc1. The molecule has 4 rings (SSSR count). The van der Waals surface area contributed by atoms with Crippen LogP contribution >= 0.6 is 0 Å². The summed E-state index contributed by atoms with van der Waals surface area (Å²) in [6, 6.07) is 13.8. The van der Waals surface area contributed by atoms with Crippen molar-refractivity contribution in [1.29, 1.82) is 0 Å². The normalized spacial score (nSPS) is 11.0. The highest BCUT2D eigenvalue weighted by Gasteiger charge is 2.18. The van der Waals surface area contributed by atoms with Gasteiger partial charge in [-0.15, -0.1) is 15.3 Å². The van der Waals surface area contributed by atoms with Crippen LogP contribution < -0.4 is 0 Å². The van der Waals surface area contributed by atoms with E-state index in [1.54, 1.807) is 16.8 Å². The van der Waals surface area contributed by atoms with Crippen LogP contribution in [0, 0.1) is 19.7 Å². The Kier molecular flexibility index (Phi) is 3.61. The van der Waals surface area contributed by atoms with E-state index in [1.807, 2.05) is 38.1 Å². The van der Waals surface area contributed by atoms with Gasteiger partial charge in [0.15, 0.2) is 5.69 Å². The fourth-order valence-corrected chi connectivity index (χ4v) is 2.49. The Morgan fingerprint density at radius 1 is 0.840 bits per heavy atom. The summed E-state index contributed by atoms with van der Waals surface area (Å²) in [7, 11) is 0. The molecule has 6 nitrogen and oxygen atoms in total. The lowest BCUT2D eigenvalue weighted by atomic mass is 10.1. The summed E-state index contributed by atoms with van der Waals surface area (Å²) < 4.78 is 20.4. The second-order valence-electron chi connectivity index (χ2n) is 5.69. The van der Waals surface area contributed by atoms with Gasteiger partial charge < -0.3 is 4.42 Å². The molecule has 0 bridgehead atoms. The van der Waals surface area contributed by atoms with E-state index in [9.17, 15) is 4.39 Å². The molecule has 0 aliphatic carbocycles. The fraction of sp³-hybridized carbons (Fsp3) is 0.111. The number of nitrogens with zero attached hydrogens (tertiary/aromatic N) is 5. The van der Waals surface area contributed by atoms with Crippen LogP contribution in [0.2, 0.25) is 0 Å². The minimum Gasteiger partial charge on any atom is -0.414 e. The maximum absolute atomic E-state index is 13.1. The van der Waals surface area contributed by atoms with E-state index in [4.69, 9.17) is 4.42 Å². The van der Waals surface area contributed by atoms with Gasteiger partial charge in [0.25, 0.3) is 5.89 Å². The van der Waals surface area contributed by atoms with Gasteiger partial charge in [-0.25, -0.2) is 9.07 Å². The summed E-state index contributed by atoms with van der Waals surface area (Å²) in [6.07, 6.45) is 0. The van der Waals surface area contributed by atoms with Crippen molar-refractivity contribution in [3.05, 3.63) is 65.6 Å². The molecule has 0 amide bonds. The summed E-state index contributed by atoms with van der Waals surface area (Å²) >= 11 is 0. The van der Waals surface area contributed by atoms with Crippen molar-refractivity contribution in [2.24, 2.45) is 0 Å². The molecule has 0 radical (unpaired) electrons. The van der Waals surface area contributed by atoms with Crippen LogP contribution in [0.3, 0.4) is 0 Å². The van der Waals surface area contributed by atoms with Crippen molar-refractivity contribution in [2.45, 2.75) is 13.8 Å². The Balaban J connectivity index is 1.69. The smallest absolute Gasteiger partial charge is 0.270 e. The Morgan fingerprint density at radius 3 is 2.24 bits per heavy atom. The summed E-state index contributed by atoms with van der Waals surface area (Å²) in [5, 5.41) is 16.4. The number of aromatic nitrogens is 5. The van der Waals surface area contributed by atoms with Crippen LogP contribution in [0.5, 0.6) is 0 Å². The number of rotatable bonds is 3. The molecule has 4 aromatic rings. The highest BCUT2D eigenvalue weighted by Crippen LogP contribution is 2.25. The molecule has 124 valence electrons. The third kappa shape index (κ3) is 2.80. The van der Waals surface area contributed by atoms with Crippen LogP contribution in [0.1, 0.15) is 11.3 Å². The van der Waals surface area contributed by atoms with Gasteiger partial charge in [0.2, 0.25) is 5.89 Å². The molecule has 0 saturated carbocycles. The summed E-state index contributed by atoms with van der Waals surface area (Å²) in [4.78, 5) is 0. The molecule has 0 unspecified atom stereocenters. The maximum atomic E-state index is 13.1. The van der Waals surface area contributed by atoms with Gasteiger partial charge in [-0.3, -0.25) is 0 Å². The molecule has 0 atom stereocenters. The van der Waals surface area contributed by atoms with Crippen LogP contribution in [0.15, 0.2) is 52.9 Å². The largest absolute Gasteiger partial charge is 0.414 e. The third-order valence-electron chi connectivity index (χ3n) is 3.89. The molecule has 0 saturated heterocycles. The monoisotopic (exact) mass is 335 g/mol. The molecule has 2 aromatic heterocycles. The standard InChI is InChI=1S/C18H14FN5O/c1-11-3-5-13(6-4-11)17-21-22-18(25-17)16-12(2)24(23-20-16)15-9-7-14(19)8-10-15/h3-10H,1-2H3. The van der Waals surface area contributed by atoms with E-state index in [1.165, 1.54) is 12.1 Å². The third-order valence-corrected chi connectivity index (χ3v) is 3.89. The number of hydrogen-bond acceptors (Lipinski definition) is 5.